The molecule has 3 heterocycles. The third kappa shape index (κ3) is 3.35. The largest absolute Gasteiger partial charge is 0.462 e. The van der Waals surface area contributed by atoms with Crippen molar-refractivity contribution < 1.29 is 62.3 Å². The standard InChI is InChI=1S/C35H44O13/c1-11-19-18(24(40)23(39)16-10-17-25(46-17)29(31(16,19)6)45-15(5)38)21-26(43-13(3)36)22-20(32(21,7)27(11)44-14(4)37)12(2)28-35(47-28)33(22,8)34(9,42)30(41)48-35/h11-12,16-22,25-29,42H,10H2,1-9H3/t11-,12-,16+,17-,18+,19-,20-,21+,22-,25-,26+,27-,28-,29-,31-,32+,33-,34+,35+/m0/s1. The Morgan fingerprint density at radius 1 is 0.771 bits per heavy atom. The van der Waals surface area contributed by atoms with Crippen LogP contribution in [0.4, 0.5) is 0 Å². The fraction of sp³-hybridized carbons (Fsp3) is 0.829. The molecule has 3 aliphatic heterocycles. The summed E-state index contributed by atoms with van der Waals surface area (Å²) in [4.78, 5) is 81.1. The highest BCUT2D eigenvalue weighted by atomic mass is 16.8. The van der Waals surface area contributed by atoms with Gasteiger partial charge < -0.3 is 33.5 Å². The Labute approximate surface area is 278 Å². The van der Waals surface area contributed by atoms with Gasteiger partial charge in [-0.3, -0.25) is 24.0 Å². The summed E-state index contributed by atoms with van der Waals surface area (Å²) in [6.45, 7) is 14.6. The number of fused-ring (bicyclic) bond motifs is 9. The summed E-state index contributed by atoms with van der Waals surface area (Å²) in [5, 5.41) is 12.0. The molecular weight excluding hydrogens is 628 g/mol. The molecule has 13 nitrogen and oxygen atoms in total. The van der Waals surface area contributed by atoms with Gasteiger partial charge in [0.1, 0.15) is 30.5 Å². The monoisotopic (exact) mass is 672 g/mol. The van der Waals surface area contributed by atoms with E-state index in [1.165, 1.54) is 27.7 Å². The summed E-state index contributed by atoms with van der Waals surface area (Å²) in [5.41, 5.74) is -5.77. The third-order valence-electron chi connectivity index (χ3n) is 14.9. The number of rotatable bonds is 3. The Morgan fingerprint density at radius 3 is 1.98 bits per heavy atom. The highest BCUT2D eigenvalue weighted by Crippen LogP contribution is 2.81. The first-order chi connectivity index (χ1) is 22.2. The van der Waals surface area contributed by atoms with Crippen molar-refractivity contribution in [3.05, 3.63) is 0 Å². The van der Waals surface area contributed by atoms with Crippen LogP contribution in [0.5, 0.6) is 0 Å². The average Bonchev–Trinajstić information content (AvgIpc) is 3.88. The van der Waals surface area contributed by atoms with E-state index >= 15 is 0 Å². The van der Waals surface area contributed by atoms with Gasteiger partial charge in [0.2, 0.25) is 17.4 Å². The van der Waals surface area contributed by atoms with Crippen LogP contribution < -0.4 is 0 Å². The van der Waals surface area contributed by atoms with Gasteiger partial charge in [-0.2, -0.15) is 0 Å². The van der Waals surface area contributed by atoms with E-state index in [0.29, 0.717) is 0 Å². The first kappa shape index (κ1) is 32.3. The Bertz CT molecular complexity index is 1590. The molecule has 1 N–H and O–H groups in total. The molecule has 0 aromatic carbocycles. The van der Waals surface area contributed by atoms with Gasteiger partial charge in [0.05, 0.1) is 11.5 Å². The molecule has 19 atom stereocenters. The summed E-state index contributed by atoms with van der Waals surface area (Å²) in [6, 6.07) is 0. The normalized spacial score (nSPS) is 58.1. The minimum Gasteiger partial charge on any atom is -0.462 e. The van der Waals surface area contributed by atoms with Crippen LogP contribution in [0, 0.1) is 63.6 Å². The molecule has 0 radical (unpaired) electrons. The van der Waals surface area contributed by atoms with Gasteiger partial charge in [0, 0.05) is 55.3 Å². The molecule has 8 rings (SSSR count). The Balaban J connectivity index is 1.39. The Morgan fingerprint density at radius 2 is 1.38 bits per heavy atom. The number of carbonyl (C=O) groups is 6. The smallest absolute Gasteiger partial charge is 0.341 e. The van der Waals surface area contributed by atoms with Crippen molar-refractivity contribution in [1.29, 1.82) is 0 Å². The molecule has 0 bridgehead atoms. The molecule has 8 fully saturated rings. The molecule has 0 aromatic rings. The highest BCUT2D eigenvalue weighted by molar-refractivity contribution is 6.40. The molecule has 1 spiro atoms. The Hall–Kier alpha value is -2.90. The molecule has 5 aliphatic carbocycles. The number of esters is 4. The van der Waals surface area contributed by atoms with E-state index in [9.17, 15) is 33.9 Å². The summed E-state index contributed by atoms with van der Waals surface area (Å²) < 4.78 is 36.5. The summed E-state index contributed by atoms with van der Waals surface area (Å²) in [5.74, 6) is -11.0. The van der Waals surface area contributed by atoms with E-state index in [1.807, 2.05) is 27.7 Å². The zero-order valence-corrected chi connectivity index (χ0v) is 28.6. The lowest BCUT2D eigenvalue weighted by atomic mass is 9.40. The van der Waals surface area contributed by atoms with Gasteiger partial charge in [0.15, 0.2) is 5.60 Å². The minimum absolute atomic E-state index is 0.289. The predicted octanol–water partition coefficient (Wildman–Crippen LogP) is 1.54. The van der Waals surface area contributed by atoms with Gasteiger partial charge in [-0.1, -0.05) is 27.7 Å². The topological polar surface area (TPSA) is 185 Å². The number of hydrogen-bond acceptors (Lipinski definition) is 13. The second kappa shape index (κ2) is 9.25. The zero-order chi connectivity index (χ0) is 35.0. The van der Waals surface area contributed by atoms with E-state index < -0.39 is 135 Å². The zero-order valence-electron chi connectivity index (χ0n) is 28.6. The van der Waals surface area contributed by atoms with Crippen LogP contribution in [0.1, 0.15) is 68.7 Å². The van der Waals surface area contributed by atoms with Gasteiger partial charge >= 0.3 is 23.9 Å². The molecule has 48 heavy (non-hydrogen) atoms. The van der Waals surface area contributed by atoms with Gasteiger partial charge in [-0.05, 0) is 43.9 Å². The third-order valence-corrected chi connectivity index (χ3v) is 14.9. The van der Waals surface area contributed by atoms with E-state index in [-0.39, 0.29) is 18.4 Å². The lowest BCUT2D eigenvalue weighted by Crippen LogP contribution is -2.71. The SMILES string of the molecule is CC(=O)O[C@@H]1[C@H]2[C@@H]3C(=O)C(=O)[C@H]4C[C@@H]5O[C@@H]5[C@H](OC(C)=O)[C@]4(C)[C@H]3[C@H](C)[C@H](OC(C)=O)[C@]2(C)[C@H]2[C@H](C)[C@@H]3O[C@@]34OC(=O)[C@@](C)(O)[C@]4(C)[C@H]12. The van der Waals surface area contributed by atoms with Crippen molar-refractivity contribution >= 4 is 35.4 Å². The highest BCUT2D eigenvalue weighted by Gasteiger charge is 2.93. The fourth-order valence-electron chi connectivity index (χ4n) is 13.2. The van der Waals surface area contributed by atoms with Crippen molar-refractivity contribution in [2.75, 3.05) is 0 Å². The molecule has 0 aromatic heterocycles. The minimum atomic E-state index is -2.08. The molecule has 3 saturated heterocycles. The van der Waals surface area contributed by atoms with Crippen LogP contribution >= 0.6 is 0 Å². The molecule has 0 unspecified atom stereocenters. The maximum Gasteiger partial charge on any atom is 0.341 e. The van der Waals surface area contributed by atoms with Crippen LogP contribution in [0.15, 0.2) is 0 Å². The summed E-state index contributed by atoms with van der Waals surface area (Å²) >= 11 is 0. The average molecular weight is 673 g/mol. The number of epoxide rings is 2. The van der Waals surface area contributed by atoms with Crippen molar-refractivity contribution in [3.8, 4) is 0 Å². The van der Waals surface area contributed by atoms with E-state index in [1.54, 1.807) is 6.92 Å². The lowest BCUT2D eigenvalue weighted by Gasteiger charge is -2.64. The van der Waals surface area contributed by atoms with Crippen LogP contribution in [-0.2, 0) is 57.2 Å². The summed E-state index contributed by atoms with van der Waals surface area (Å²) in [6.07, 6.45) is -3.97. The van der Waals surface area contributed by atoms with Gasteiger partial charge in [-0.15, -0.1) is 0 Å². The number of aliphatic hydroxyl groups is 1. The number of carbonyl (C=O) groups excluding carboxylic acids is 6. The molecule has 13 heteroatoms. The van der Waals surface area contributed by atoms with Crippen LogP contribution in [0.2, 0.25) is 0 Å². The maximum absolute atomic E-state index is 14.7. The number of ketones is 2. The molecule has 5 saturated carbocycles. The van der Waals surface area contributed by atoms with Crippen LogP contribution in [-0.4, -0.2) is 88.6 Å². The van der Waals surface area contributed by atoms with E-state index in [0.717, 1.165) is 0 Å². The van der Waals surface area contributed by atoms with Gasteiger partial charge in [0.25, 0.3) is 0 Å². The molecule has 8 aliphatic rings. The predicted molar refractivity (Wildman–Crippen MR) is 158 cm³/mol. The van der Waals surface area contributed by atoms with Crippen molar-refractivity contribution in [2.45, 2.75) is 117 Å². The maximum atomic E-state index is 14.7. The quantitative estimate of drug-likeness (QED) is 0.197. The van der Waals surface area contributed by atoms with Crippen LogP contribution in [0.25, 0.3) is 0 Å². The first-order valence-electron chi connectivity index (χ1n) is 17.1. The van der Waals surface area contributed by atoms with E-state index in [2.05, 4.69) is 0 Å². The summed E-state index contributed by atoms with van der Waals surface area (Å²) in [7, 11) is 0. The first-order valence-corrected chi connectivity index (χ1v) is 17.1. The molecule has 262 valence electrons. The lowest BCUT2D eigenvalue weighted by molar-refractivity contribution is -0.233. The Kier molecular flexibility index (Phi) is 6.23. The number of ether oxygens (including phenoxy) is 6. The molecule has 0 amide bonds. The van der Waals surface area contributed by atoms with Crippen molar-refractivity contribution in [1.82, 2.24) is 0 Å². The number of Topliss-reactive ketones (excluding diaryl/α,β-unsaturated/α-hetero) is 2. The van der Waals surface area contributed by atoms with E-state index in [4.69, 9.17) is 28.4 Å². The second-order valence-corrected chi connectivity index (χ2v) is 16.7. The second-order valence-electron chi connectivity index (χ2n) is 16.7. The number of hydrogen-bond donors (Lipinski definition) is 1. The van der Waals surface area contributed by atoms with Crippen LogP contribution in [0.3, 0.4) is 0 Å². The van der Waals surface area contributed by atoms with Gasteiger partial charge in [-0.25, -0.2) is 4.79 Å². The van der Waals surface area contributed by atoms with Crippen molar-refractivity contribution in [2.24, 2.45) is 63.6 Å². The molecular formula is C35H44O13. The van der Waals surface area contributed by atoms with Crippen molar-refractivity contribution in [3.63, 3.8) is 0 Å². The fourth-order valence-corrected chi connectivity index (χ4v) is 13.2.